The zero-order valence-electron chi connectivity index (χ0n) is 16.4. The number of H-pyrrole nitrogens is 1. The Morgan fingerprint density at radius 2 is 1.97 bits per heavy atom. The Bertz CT molecular complexity index is 1010. The number of aromatic nitrogens is 1. The first kappa shape index (κ1) is 19.9. The van der Waals surface area contributed by atoms with Crippen molar-refractivity contribution in [1.29, 1.82) is 0 Å². The third-order valence-electron chi connectivity index (χ3n) is 5.36. The van der Waals surface area contributed by atoms with Crippen LogP contribution in [-0.2, 0) is 32.5 Å². The maximum absolute atomic E-state index is 12.6. The van der Waals surface area contributed by atoms with E-state index in [4.69, 9.17) is 4.74 Å². The van der Waals surface area contributed by atoms with Gasteiger partial charge in [-0.3, -0.25) is 9.00 Å². The van der Waals surface area contributed by atoms with Gasteiger partial charge >= 0.3 is 0 Å². The van der Waals surface area contributed by atoms with Crippen LogP contribution in [0, 0.1) is 0 Å². The second-order valence-corrected chi connectivity index (χ2v) is 9.16. The summed E-state index contributed by atoms with van der Waals surface area (Å²) in [6.07, 6.45) is 4.79. The molecule has 1 aliphatic rings. The van der Waals surface area contributed by atoms with Crippen molar-refractivity contribution in [3.8, 4) is 0 Å². The molecular formula is C23H26N2O3S. The number of aromatic amines is 1. The van der Waals surface area contributed by atoms with Gasteiger partial charge in [0.25, 0.3) is 0 Å². The van der Waals surface area contributed by atoms with E-state index in [9.17, 15) is 9.00 Å². The number of aryl methyl sites for hydroxylation is 1. The summed E-state index contributed by atoms with van der Waals surface area (Å²) in [4.78, 5) is 15.7. The number of benzene rings is 2. The van der Waals surface area contributed by atoms with Crippen molar-refractivity contribution < 1.29 is 13.7 Å². The van der Waals surface area contributed by atoms with Crippen molar-refractivity contribution in [2.45, 2.75) is 36.7 Å². The van der Waals surface area contributed by atoms with Gasteiger partial charge in [-0.15, -0.1) is 0 Å². The zero-order chi connectivity index (χ0) is 20.1. The predicted octanol–water partition coefficient (Wildman–Crippen LogP) is 4.17. The Labute approximate surface area is 173 Å². The summed E-state index contributed by atoms with van der Waals surface area (Å²) in [5.74, 6) is 0.502. The van der Waals surface area contributed by atoms with Crippen LogP contribution in [0.2, 0.25) is 0 Å². The maximum atomic E-state index is 12.6. The van der Waals surface area contributed by atoms with E-state index < -0.39 is 10.8 Å². The topological polar surface area (TPSA) is 71.2 Å². The van der Waals surface area contributed by atoms with E-state index in [-0.39, 0.29) is 11.2 Å². The molecule has 1 aliphatic heterocycles. The van der Waals surface area contributed by atoms with Crippen LogP contribution >= 0.6 is 0 Å². The highest BCUT2D eigenvalue weighted by atomic mass is 32.2. The SMILES string of the molecule is O=C(CCc1c[nH]c2ccccc12)Nc1cccc(CS(=O)C2CCOCC2)c1. The number of rotatable bonds is 7. The molecule has 0 aliphatic carbocycles. The van der Waals surface area contributed by atoms with Crippen molar-refractivity contribution in [2.24, 2.45) is 0 Å². The van der Waals surface area contributed by atoms with Crippen molar-refractivity contribution in [3.05, 3.63) is 65.9 Å². The highest BCUT2D eigenvalue weighted by Crippen LogP contribution is 2.21. The smallest absolute Gasteiger partial charge is 0.224 e. The summed E-state index contributed by atoms with van der Waals surface area (Å²) in [5, 5.41) is 4.35. The van der Waals surface area contributed by atoms with E-state index >= 15 is 0 Å². The first-order chi connectivity index (χ1) is 14.2. The molecule has 4 rings (SSSR count). The molecule has 0 spiro atoms. The molecule has 152 valence electrons. The number of nitrogens with one attached hydrogen (secondary N) is 2. The number of hydrogen-bond acceptors (Lipinski definition) is 3. The van der Waals surface area contributed by atoms with Gasteiger partial charge in [0.15, 0.2) is 0 Å². The molecule has 1 amide bonds. The molecule has 1 unspecified atom stereocenters. The first-order valence-electron chi connectivity index (χ1n) is 10.1. The number of fused-ring (bicyclic) bond motifs is 1. The number of hydrogen-bond donors (Lipinski definition) is 2. The van der Waals surface area contributed by atoms with Crippen molar-refractivity contribution in [1.82, 2.24) is 4.98 Å². The molecular weight excluding hydrogens is 384 g/mol. The molecule has 1 saturated heterocycles. The summed E-state index contributed by atoms with van der Waals surface area (Å²) in [7, 11) is -0.912. The Kier molecular flexibility index (Phi) is 6.42. The second kappa shape index (κ2) is 9.37. The van der Waals surface area contributed by atoms with E-state index in [1.165, 1.54) is 0 Å². The lowest BCUT2D eigenvalue weighted by Crippen LogP contribution is -2.25. The van der Waals surface area contributed by atoms with Crippen molar-refractivity contribution in [3.63, 3.8) is 0 Å². The monoisotopic (exact) mass is 410 g/mol. The highest BCUT2D eigenvalue weighted by molar-refractivity contribution is 7.84. The number of ether oxygens (including phenoxy) is 1. The van der Waals surface area contributed by atoms with Gasteiger partial charge in [-0.2, -0.15) is 0 Å². The van der Waals surface area contributed by atoms with Gasteiger partial charge in [-0.05, 0) is 48.6 Å². The Morgan fingerprint density at radius 1 is 1.14 bits per heavy atom. The summed E-state index contributed by atoms with van der Waals surface area (Å²) in [5.41, 5.74) is 3.99. The van der Waals surface area contributed by atoms with Crippen molar-refractivity contribution >= 4 is 33.3 Å². The molecule has 5 nitrogen and oxygen atoms in total. The molecule has 6 heteroatoms. The molecule has 2 aromatic carbocycles. The lowest BCUT2D eigenvalue weighted by Gasteiger charge is -2.21. The summed E-state index contributed by atoms with van der Waals surface area (Å²) in [6.45, 7) is 1.39. The van der Waals surface area contributed by atoms with Crippen LogP contribution in [0.25, 0.3) is 10.9 Å². The van der Waals surface area contributed by atoms with E-state index in [1.807, 2.05) is 48.7 Å². The average molecular weight is 411 g/mol. The average Bonchev–Trinajstić information content (AvgIpc) is 3.16. The molecule has 1 aromatic heterocycles. The fourth-order valence-electron chi connectivity index (χ4n) is 3.77. The maximum Gasteiger partial charge on any atom is 0.224 e. The number of amides is 1. The van der Waals surface area contributed by atoms with Gasteiger partial charge in [0.2, 0.25) is 5.91 Å². The molecule has 2 heterocycles. The Balaban J connectivity index is 1.32. The fraction of sp³-hybridized carbons (Fsp3) is 0.348. The van der Waals surface area contributed by atoms with Gasteiger partial charge in [-0.25, -0.2) is 0 Å². The molecule has 29 heavy (non-hydrogen) atoms. The molecule has 0 bridgehead atoms. The molecule has 2 N–H and O–H groups in total. The number of anilines is 1. The van der Waals surface area contributed by atoms with Crippen LogP contribution in [0.15, 0.2) is 54.7 Å². The van der Waals surface area contributed by atoms with E-state index in [2.05, 4.69) is 16.4 Å². The number of carbonyl (C=O) groups is 1. The summed E-state index contributed by atoms with van der Waals surface area (Å²) < 4.78 is 18.0. The van der Waals surface area contributed by atoms with Crippen LogP contribution in [-0.4, -0.2) is 33.6 Å². The molecule has 0 radical (unpaired) electrons. The van der Waals surface area contributed by atoms with Gasteiger partial charge in [-0.1, -0.05) is 30.3 Å². The molecule has 3 aromatic rings. The van der Waals surface area contributed by atoms with Gasteiger partial charge < -0.3 is 15.0 Å². The third kappa shape index (κ3) is 5.14. The van der Waals surface area contributed by atoms with Crippen LogP contribution in [0.3, 0.4) is 0 Å². The number of para-hydroxylation sites is 1. The number of carbonyl (C=O) groups excluding carboxylic acids is 1. The third-order valence-corrected chi connectivity index (χ3v) is 7.19. The quantitative estimate of drug-likeness (QED) is 0.614. The Morgan fingerprint density at radius 3 is 2.83 bits per heavy atom. The van der Waals surface area contributed by atoms with Crippen LogP contribution in [0.4, 0.5) is 5.69 Å². The molecule has 1 atom stereocenters. The van der Waals surface area contributed by atoms with E-state index in [0.29, 0.717) is 31.8 Å². The minimum Gasteiger partial charge on any atom is -0.381 e. The van der Waals surface area contributed by atoms with Crippen LogP contribution in [0.1, 0.15) is 30.4 Å². The fourth-order valence-corrected chi connectivity index (χ4v) is 5.23. The second-order valence-electron chi connectivity index (χ2n) is 7.44. The minimum absolute atomic E-state index is 0.0158. The summed E-state index contributed by atoms with van der Waals surface area (Å²) in [6, 6.07) is 15.8. The Hall–Kier alpha value is -2.44. The summed E-state index contributed by atoms with van der Waals surface area (Å²) >= 11 is 0. The van der Waals surface area contributed by atoms with Crippen LogP contribution in [0.5, 0.6) is 0 Å². The van der Waals surface area contributed by atoms with Gasteiger partial charge in [0.05, 0.1) is 0 Å². The van der Waals surface area contributed by atoms with Crippen molar-refractivity contribution in [2.75, 3.05) is 18.5 Å². The van der Waals surface area contributed by atoms with Gasteiger partial charge in [0, 0.05) is 64.2 Å². The predicted molar refractivity (Wildman–Crippen MR) is 117 cm³/mol. The standard InChI is InChI=1S/C23H26N2O3S/c26-23(9-8-18-15-24-22-7-2-1-6-21(18)22)25-19-5-3-4-17(14-19)16-29(27)20-10-12-28-13-11-20/h1-7,14-15,20,24H,8-13,16H2,(H,25,26). The lowest BCUT2D eigenvalue weighted by molar-refractivity contribution is -0.116. The first-order valence-corrected chi connectivity index (χ1v) is 11.5. The zero-order valence-corrected chi connectivity index (χ0v) is 17.2. The largest absolute Gasteiger partial charge is 0.381 e. The van der Waals surface area contributed by atoms with E-state index in [0.717, 1.165) is 40.6 Å². The van der Waals surface area contributed by atoms with Crippen LogP contribution < -0.4 is 5.32 Å². The highest BCUT2D eigenvalue weighted by Gasteiger charge is 2.20. The molecule has 0 saturated carbocycles. The normalized spacial score (nSPS) is 16.0. The van der Waals surface area contributed by atoms with Gasteiger partial charge in [0.1, 0.15) is 0 Å². The lowest BCUT2D eigenvalue weighted by atomic mass is 10.1. The van der Waals surface area contributed by atoms with E-state index in [1.54, 1.807) is 0 Å². The molecule has 1 fully saturated rings. The minimum atomic E-state index is -0.912.